The first-order valence-electron chi connectivity index (χ1n) is 9.80. The van der Waals surface area contributed by atoms with E-state index in [1.54, 1.807) is 0 Å². The van der Waals surface area contributed by atoms with Crippen molar-refractivity contribution in [3.63, 3.8) is 0 Å². The molecule has 5 saturated carbocycles. The van der Waals surface area contributed by atoms with Gasteiger partial charge in [0.15, 0.2) is 0 Å². The number of nitrogens with one attached hydrogen (secondary N) is 2. The van der Waals surface area contributed by atoms with Crippen molar-refractivity contribution in [3.8, 4) is 0 Å². The molecule has 0 aromatic heterocycles. The van der Waals surface area contributed by atoms with E-state index in [9.17, 15) is 9.59 Å². The highest BCUT2D eigenvalue weighted by Gasteiger charge is 2.51. The van der Waals surface area contributed by atoms with Crippen LogP contribution in [0, 0.1) is 29.1 Å². The third-order valence-corrected chi connectivity index (χ3v) is 6.91. The van der Waals surface area contributed by atoms with Crippen molar-refractivity contribution >= 4 is 24.2 Å². The zero-order valence-electron chi connectivity index (χ0n) is 15.0. The molecular weight excluding hydrogens is 338 g/mol. The van der Waals surface area contributed by atoms with Crippen molar-refractivity contribution in [3.05, 3.63) is 0 Å². The standard InChI is InChI=1S/C19H31N3O2.ClH/c20-16(15-1-2-15)10-21-18(24)11-22-17(23)9-19-6-12-3-13(7-19)5-14(4-12)8-19;/h12-16H,1-11,20H2,(H,21,24)(H,22,23);1H. The molecule has 4 bridgehead atoms. The molecule has 0 aromatic carbocycles. The molecule has 1 atom stereocenters. The van der Waals surface area contributed by atoms with Crippen LogP contribution in [0.4, 0.5) is 0 Å². The van der Waals surface area contributed by atoms with Gasteiger partial charge in [0, 0.05) is 19.0 Å². The lowest BCUT2D eigenvalue weighted by atomic mass is 9.49. The minimum atomic E-state index is -0.120. The molecule has 0 radical (unpaired) electrons. The van der Waals surface area contributed by atoms with Gasteiger partial charge in [-0.2, -0.15) is 0 Å². The first-order chi connectivity index (χ1) is 11.5. The molecule has 0 saturated heterocycles. The Kier molecular flexibility index (Phi) is 5.64. The SMILES string of the molecule is Cl.NC(CNC(=O)CNC(=O)CC12CC3CC(CC(C3)C1)C2)C1CC1. The largest absolute Gasteiger partial charge is 0.353 e. The Morgan fingerprint density at radius 1 is 0.960 bits per heavy atom. The Labute approximate surface area is 156 Å². The summed E-state index contributed by atoms with van der Waals surface area (Å²) in [6.45, 7) is 0.608. The first-order valence-corrected chi connectivity index (χ1v) is 9.80. The van der Waals surface area contributed by atoms with Gasteiger partial charge >= 0.3 is 0 Å². The van der Waals surface area contributed by atoms with E-state index < -0.39 is 0 Å². The average molecular weight is 370 g/mol. The first kappa shape index (κ1) is 19.0. The number of halogens is 1. The third kappa shape index (κ3) is 4.48. The van der Waals surface area contributed by atoms with E-state index in [0.29, 0.717) is 18.9 Å². The fourth-order valence-electron chi connectivity index (χ4n) is 6.07. The molecule has 1 unspecified atom stereocenters. The maximum atomic E-state index is 12.4. The lowest BCUT2D eigenvalue weighted by molar-refractivity contribution is -0.131. The smallest absolute Gasteiger partial charge is 0.239 e. The van der Waals surface area contributed by atoms with Gasteiger partial charge < -0.3 is 16.4 Å². The van der Waals surface area contributed by atoms with E-state index in [1.165, 1.54) is 51.4 Å². The second-order valence-electron chi connectivity index (χ2n) is 9.18. The van der Waals surface area contributed by atoms with Gasteiger partial charge in [-0.25, -0.2) is 0 Å². The molecule has 5 rings (SSSR count). The number of hydrogen-bond acceptors (Lipinski definition) is 3. The summed E-state index contributed by atoms with van der Waals surface area (Å²) in [5, 5.41) is 5.67. The van der Waals surface area contributed by atoms with Gasteiger partial charge in [-0.3, -0.25) is 9.59 Å². The van der Waals surface area contributed by atoms with Gasteiger partial charge in [-0.1, -0.05) is 0 Å². The zero-order valence-corrected chi connectivity index (χ0v) is 15.8. The Hall–Kier alpha value is -0.810. The molecule has 25 heavy (non-hydrogen) atoms. The number of carbonyl (C=O) groups is 2. The molecule has 0 spiro atoms. The molecule has 5 aliphatic rings. The minimum Gasteiger partial charge on any atom is -0.353 e. The molecule has 5 fully saturated rings. The number of carbonyl (C=O) groups excluding carboxylic acids is 2. The van der Waals surface area contributed by atoms with Crippen molar-refractivity contribution in [1.82, 2.24) is 10.6 Å². The summed E-state index contributed by atoms with van der Waals surface area (Å²) >= 11 is 0. The molecule has 0 aromatic rings. The predicted molar refractivity (Wildman–Crippen MR) is 99.2 cm³/mol. The summed E-state index contributed by atoms with van der Waals surface area (Å²) in [6.07, 6.45) is 10.8. The van der Waals surface area contributed by atoms with Crippen LogP contribution in [0.1, 0.15) is 57.8 Å². The van der Waals surface area contributed by atoms with Gasteiger partial charge in [0.05, 0.1) is 6.54 Å². The van der Waals surface area contributed by atoms with E-state index >= 15 is 0 Å². The van der Waals surface area contributed by atoms with Gasteiger partial charge in [0.2, 0.25) is 11.8 Å². The summed E-state index contributed by atoms with van der Waals surface area (Å²) in [5.41, 5.74) is 6.22. The molecule has 4 N–H and O–H groups in total. The lowest BCUT2D eigenvalue weighted by Crippen LogP contribution is -2.49. The van der Waals surface area contributed by atoms with Crippen molar-refractivity contribution in [2.45, 2.75) is 63.8 Å². The highest BCUT2D eigenvalue weighted by atomic mass is 35.5. The Morgan fingerprint density at radius 3 is 2.04 bits per heavy atom. The second kappa shape index (κ2) is 7.43. The molecular formula is C19H32ClN3O2. The number of hydrogen-bond donors (Lipinski definition) is 3. The summed E-state index contributed by atoms with van der Waals surface area (Å²) in [5.74, 6) is 3.09. The lowest BCUT2D eigenvalue weighted by Gasteiger charge is -2.56. The van der Waals surface area contributed by atoms with E-state index in [-0.39, 0.29) is 42.2 Å². The molecule has 5 nitrogen and oxygen atoms in total. The predicted octanol–water partition coefficient (Wildman–Crippen LogP) is 1.98. The highest BCUT2D eigenvalue weighted by molar-refractivity contribution is 5.85. The maximum absolute atomic E-state index is 12.4. The minimum absolute atomic E-state index is 0. The Balaban J connectivity index is 0.00000182. The van der Waals surface area contributed by atoms with E-state index in [2.05, 4.69) is 10.6 Å². The monoisotopic (exact) mass is 369 g/mol. The summed E-state index contributed by atoms with van der Waals surface area (Å²) in [7, 11) is 0. The van der Waals surface area contributed by atoms with Crippen LogP contribution in [0.3, 0.4) is 0 Å². The number of nitrogens with two attached hydrogens (primary N) is 1. The van der Waals surface area contributed by atoms with Crippen LogP contribution in [0.2, 0.25) is 0 Å². The van der Waals surface area contributed by atoms with Crippen LogP contribution in [0.25, 0.3) is 0 Å². The van der Waals surface area contributed by atoms with Crippen molar-refractivity contribution in [1.29, 1.82) is 0 Å². The molecule has 6 heteroatoms. The second-order valence-corrected chi connectivity index (χ2v) is 9.18. The van der Waals surface area contributed by atoms with Crippen molar-refractivity contribution < 1.29 is 9.59 Å². The van der Waals surface area contributed by atoms with Crippen LogP contribution < -0.4 is 16.4 Å². The average Bonchev–Trinajstić information content (AvgIpc) is 3.33. The maximum Gasteiger partial charge on any atom is 0.239 e. The molecule has 0 heterocycles. The molecule has 2 amide bonds. The van der Waals surface area contributed by atoms with Gasteiger partial charge in [-0.05, 0) is 80.5 Å². The molecule has 142 valence electrons. The Morgan fingerprint density at radius 2 is 1.52 bits per heavy atom. The quantitative estimate of drug-likeness (QED) is 0.641. The third-order valence-electron chi connectivity index (χ3n) is 6.91. The van der Waals surface area contributed by atoms with Crippen LogP contribution in [0.15, 0.2) is 0 Å². The number of amides is 2. The fraction of sp³-hybridized carbons (Fsp3) is 0.895. The van der Waals surface area contributed by atoms with Crippen molar-refractivity contribution in [2.75, 3.05) is 13.1 Å². The van der Waals surface area contributed by atoms with Crippen LogP contribution >= 0.6 is 12.4 Å². The van der Waals surface area contributed by atoms with E-state index in [1.807, 2.05) is 0 Å². The van der Waals surface area contributed by atoms with E-state index in [4.69, 9.17) is 5.73 Å². The fourth-order valence-corrected chi connectivity index (χ4v) is 6.07. The van der Waals surface area contributed by atoms with Crippen LogP contribution in [-0.2, 0) is 9.59 Å². The van der Waals surface area contributed by atoms with Gasteiger partial charge in [-0.15, -0.1) is 12.4 Å². The normalized spacial score (nSPS) is 36.4. The molecule has 5 aliphatic carbocycles. The summed E-state index contributed by atoms with van der Waals surface area (Å²) in [4.78, 5) is 24.3. The van der Waals surface area contributed by atoms with Gasteiger partial charge in [0.25, 0.3) is 0 Å². The topological polar surface area (TPSA) is 84.2 Å². The summed E-state index contributed by atoms with van der Waals surface area (Å²) < 4.78 is 0. The highest BCUT2D eigenvalue weighted by Crippen LogP contribution is 2.61. The van der Waals surface area contributed by atoms with E-state index in [0.717, 1.165) is 17.8 Å². The van der Waals surface area contributed by atoms with Gasteiger partial charge in [0.1, 0.15) is 0 Å². The molecule has 0 aliphatic heterocycles. The van der Waals surface area contributed by atoms with Crippen LogP contribution in [-0.4, -0.2) is 30.9 Å². The summed E-state index contributed by atoms with van der Waals surface area (Å²) in [6, 6.07) is 0.0664. The zero-order chi connectivity index (χ0) is 16.7. The Bertz CT molecular complexity index is 486. The number of rotatable bonds is 7. The van der Waals surface area contributed by atoms with Crippen LogP contribution in [0.5, 0.6) is 0 Å². The van der Waals surface area contributed by atoms with Crippen molar-refractivity contribution in [2.24, 2.45) is 34.8 Å².